The van der Waals surface area contributed by atoms with Gasteiger partial charge in [-0.2, -0.15) is 5.26 Å². The Balaban J connectivity index is 2.04. The van der Waals surface area contributed by atoms with Crippen molar-refractivity contribution in [1.29, 1.82) is 5.26 Å². The molecule has 1 atom stereocenters. The minimum Gasteiger partial charge on any atom is -0.319 e. The van der Waals surface area contributed by atoms with Crippen LogP contribution in [0.2, 0.25) is 0 Å². The Bertz CT molecular complexity index is 465. The summed E-state index contributed by atoms with van der Waals surface area (Å²) in [6.07, 6.45) is 2.41. The summed E-state index contributed by atoms with van der Waals surface area (Å²) in [5.41, 5.74) is 1.38. The Hall–Kier alpha value is -1.44. The Morgan fingerprint density at radius 2 is 2.37 bits per heavy atom. The van der Waals surface area contributed by atoms with Crippen LogP contribution in [-0.2, 0) is 6.54 Å². The van der Waals surface area contributed by atoms with Crippen LogP contribution in [0.15, 0.2) is 18.2 Å². The van der Waals surface area contributed by atoms with Crippen LogP contribution in [0.1, 0.15) is 24.0 Å². The summed E-state index contributed by atoms with van der Waals surface area (Å²) in [6.45, 7) is 3.73. The van der Waals surface area contributed by atoms with Crippen molar-refractivity contribution in [1.82, 2.24) is 10.2 Å². The number of hydrogen-bond donors (Lipinski definition) is 1. The highest BCUT2D eigenvalue weighted by Crippen LogP contribution is 2.20. The number of nitrogens with one attached hydrogen (secondary N) is 1. The van der Waals surface area contributed by atoms with Crippen molar-refractivity contribution in [3.8, 4) is 6.07 Å². The molecule has 0 spiro atoms. The molecular formula is C15H20FN3. The highest BCUT2D eigenvalue weighted by molar-refractivity contribution is 5.37. The molecule has 0 bridgehead atoms. The fourth-order valence-corrected chi connectivity index (χ4v) is 2.79. The summed E-state index contributed by atoms with van der Waals surface area (Å²) in [7, 11) is 1.97. The van der Waals surface area contributed by atoms with Crippen molar-refractivity contribution in [2.75, 3.05) is 26.7 Å². The molecule has 0 amide bonds. The first-order valence-corrected chi connectivity index (χ1v) is 6.78. The molecule has 19 heavy (non-hydrogen) atoms. The second-order valence-electron chi connectivity index (χ2n) is 5.21. The fraction of sp³-hybridized carbons (Fsp3) is 0.533. The summed E-state index contributed by atoms with van der Waals surface area (Å²) in [4.78, 5) is 2.32. The van der Waals surface area contributed by atoms with E-state index in [0.717, 1.165) is 25.2 Å². The Morgan fingerprint density at radius 1 is 1.53 bits per heavy atom. The Morgan fingerprint density at radius 3 is 3.11 bits per heavy atom. The normalized spacial score (nSPS) is 20.2. The molecule has 102 valence electrons. The lowest BCUT2D eigenvalue weighted by Gasteiger charge is -2.32. The summed E-state index contributed by atoms with van der Waals surface area (Å²) in [5.74, 6) is 0.385. The van der Waals surface area contributed by atoms with Gasteiger partial charge in [0.15, 0.2) is 0 Å². The minimum atomic E-state index is -0.266. The van der Waals surface area contributed by atoms with Crippen LogP contribution in [0.3, 0.4) is 0 Å². The van der Waals surface area contributed by atoms with Crippen molar-refractivity contribution >= 4 is 0 Å². The van der Waals surface area contributed by atoms with Gasteiger partial charge in [0.05, 0.1) is 11.6 Å². The second-order valence-corrected chi connectivity index (χ2v) is 5.21. The first-order chi connectivity index (χ1) is 9.22. The molecule has 0 saturated carbocycles. The standard InChI is InChI=1S/C15H20FN3/c1-18-9-12-3-2-6-19(10-12)11-14-7-15(16)5-4-13(14)8-17/h4-5,7,12,18H,2-3,6,9-11H2,1H3. The Labute approximate surface area is 114 Å². The van der Waals surface area contributed by atoms with E-state index >= 15 is 0 Å². The zero-order chi connectivity index (χ0) is 13.7. The molecule has 4 heteroatoms. The van der Waals surface area contributed by atoms with Crippen LogP contribution in [0.4, 0.5) is 4.39 Å². The Kier molecular flexibility index (Phi) is 4.89. The molecule has 1 aliphatic heterocycles. The van der Waals surface area contributed by atoms with Gasteiger partial charge in [-0.25, -0.2) is 4.39 Å². The average Bonchev–Trinajstić information content (AvgIpc) is 2.40. The fourth-order valence-electron chi connectivity index (χ4n) is 2.79. The van der Waals surface area contributed by atoms with Gasteiger partial charge >= 0.3 is 0 Å². The van der Waals surface area contributed by atoms with E-state index in [9.17, 15) is 4.39 Å². The maximum absolute atomic E-state index is 13.3. The van der Waals surface area contributed by atoms with E-state index in [1.165, 1.54) is 25.0 Å². The van der Waals surface area contributed by atoms with Gasteiger partial charge in [-0.15, -0.1) is 0 Å². The number of halogens is 1. The average molecular weight is 261 g/mol. The van der Waals surface area contributed by atoms with Gasteiger partial charge in [0.1, 0.15) is 5.82 Å². The maximum Gasteiger partial charge on any atom is 0.123 e. The van der Waals surface area contributed by atoms with Gasteiger partial charge in [0.2, 0.25) is 0 Å². The molecule has 1 saturated heterocycles. The van der Waals surface area contributed by atoms with Crippen molar-refractivity contribution < 1.29 is 4.39 Å². The predicted molar refractivity (Wildman–Crippen MR) is 73.0 cm³/mol. The predicted octanol–water partition coefficient (Wildman–Crippen LogP) is 2.13. The first kappa shape index (κ1) is 14.0. The van der Waals surface area contributed by atoms with Crippen LogP contribution < -0.4 is 5.32 Å². The molecular weight excluding hydrogens is 241 g/mol. The quantitative estimate of drug-likeness (QED) is 0.902. The highest BCUT2D eigenvalue weighted by Gasteiger charge is 2.20. The third kappa shape index (κ3) is 3.76. The zero-order valence-electron chi connectivity index (χ0n) is 11.3. The molecule has 0 aliphatic carbocycles. The molecule has 0 aromatic heterocycles. The molecule has 0 radical (unpaired) electrons. The van der Waals surface area contributed by atoms with E-state index < -0.39 is 0 Å². The number of hydrogen-bond acceptors (Lipinski definition) is 3. The summed E-state index contributed by atoms with van der Waals surface area (Å²) < 4.78 is 13.3. The molecule has 1 N–H and O–H groups in total. The van der Waals surface area contributed by atoms with Crippen LogP contribution in [-0.4, -0.2) is 31.6 Å². The summed E-state index contributed by atoms with van der Waals surface area (Å²) >= 11 is 0. The molecule has 1 aromatic carbocycles. The molecule has 2 rings (SSSR count). The van der Waals surface area contributed by atoms with E-state index in [2.05, 4.69) is 16.3 Å². The third-order valence-corrected chi connectivity index (χ3v) is 3.68. The van der Waals surface area contributed by atoms with E-state index in [-0.39, 0.29) is 5.82 Å². The van der Waals surface area contributed by atoms with Gasteiger partial charge in [-0.05, 0) is 62.7 Å². The molecule has 1 aliphatic rings. The van der Waals surface area contributed by atoms with Crippen LogP contribution >= 0.6 is 0 Å². The van der Waals surface area contributed by atoms with Crippen molar-refractivity contribution in [2.24, 2.45) is 5.92 Å². The number of benzene rings is 1. The number of piperidine rings is 1. The number of rotatable bonds is 4. The lowest BCUT2D eigenvalue weighted by Crippen LogP contribution is -2.38. The molecule has 1 unspecified atom stereocenters. The lowest BCUT2D eigenvalue weighted by atomic mass is 9.97. The number of likely N-dealkylation sites (tertiary alicyclic amines) is 1. The lowest BCUT2D eigenvalue weighted by molar-refractivity contribution is 0.166. The first-order valence-electron chi connectivity index (χ1n) is 6.78. The van der Waals surface area contributed by atoms with E-state index in [1.54, 1.807) is 6.07 Å². The van der Waals surface area contributed by atoms with Crippen molar-refractivity contribution in [3.63, 3.8) is 0 Å². The van der Waals surface area contributed by atoms with Gasteiger partial charge in [0, 0.05) is 13.1 Å². The number of nitrogens with zero attached hydrogens (tertiary/aromatic N) is 2. The van der Waals surface area contributed by atoms with Crippen LogP contribution in [0.25, 0.3) is 0 Å². The van der Waals surface area contributed by atoms with Gasteiger partial charge in [0.25, 0.3) is 0 Å². The monoisotopic (exact) mass is 261 g/mol. The second kappa shape index (κ2) is 6.65. The van der Waals surface area contributed by atoms with Crippen molar-refractivity contribution in [3.05, 3.63) is 35.1 Å². The van der Waals surface area contributed by atoms with Crippen LogP contribution in [0, 0.1) is 23.1 Å². The molecule has 1 aromatic rings. The van der Waals surface area contributed by atoms with Gasteiger partial charge in [-0.3, -0.25) is 4.90 Å². The van der Waals surface area contributed by atoms with E-state index in [0.29, 0.717) is 18.0 Å². The zero-order valence-corrected chi connectivity index (χ0v) is 11.3. The molecule has 3 nitrogen and oxygen atoms in total. The van der Waals surface area contributed by atoms with E-state index in [1.807, 2.05) is 7.05 Å². The van der Waals surface area contributed by atoms with Crippen molar-refractivity contribution in [2.45, 2.75) is 19.4 Å². The smallest absolute Gasteiger partial charge is 0.123 e. The molecule has 1 heterocycles. The topological polar surface area (TPSA) is 39.1 Å². The highest BCUT2D eigenvalue weighted by atomic mass is 19.1. The van der Waals surface area contributed by atoms with Gasteiger partial charge < -0.3 is 5.32 Å². The van der Waals surface area contributed by atoms with Gasteiger partial charge in [-0.1, -0.05) is 0 Å². The summed E-state index contributed by atoms with van der Waals surface area (Å²) in [5, 5.41) is 12.3. The number of nitriles is 1. The summed E-state index contributed by atoms with van der Waals surface area (Å²) in [6, 6.07) is 6.55. The third-order valence-electron chi connectivity index (χ3n) is 3.68. The minimum absolute atomic E-state index is 0.266. The molecule has 1 fully saturated rings. The van der Waals surface area contributed by atoms with Crippen LogP contribution in [0.5, 0.6) is 0 Å². The SMILES string of the molecule is CNCC1CCCN(Cc2cc(F)ccc2C#N)C1. The van der Waals surface area contributed by atoms with E-state index in [4.69, 9.17) is 5.26 Å². The largest absolute Gasteiger partial charge is 0.319 e. The maximum atomic E-state index is 13.3.